The molecule has 1 atom stereocenters. The third-order valence-corrected chi connectivity index (χ3v) is 7.39. The first-order valence-electron chi connectivity index (χ1n) is 8.88. The summed E-state index contributed by atoms with van der Waals surface area (Å²) in [5.41, 5.74) is 0.903. The van der Waals surface area contributed by atoms with Crippen molar-refractivity contribution in [3.8, 4) is 0 Å². The van der Waals surface area contributed by atoms with Gasteiger partial charge in [0, 0.05) is 16.5 Å². The van der Waals surface area contributed by atoms with Crippen molar-refractivity contribution >= 4 is 56.0 Å². The molecule has 4 aromatic heterocycles. The molecule has 0 aliphatic heterocycles. The number of amides is 1. The van der Waals surface area contributed by atoms with Crippen LogP contribution >= 0.6 is 34.0 Å². The van der Waals surface area contributed by atoms with Crippen LogP contribution in [0.1, 0.15) is 44.5 Å². The molecule has 0 aliphatic rings. The minimum Gasteiger partial charge on any atom is -0.362 e. The van der Waals surface area contributed by atoms with Gasteiger partial charge < -0.3 is 10.6 Å². The Hall–Kier alpha value is -2.36. The maximum atomic E-state index is 12.7. The van der Waals surface area contributed by atoms with Crippen LogP contribution in [0.15, 0.2) is 35.4 Å². The summed E-state index contributed by atoms with van der Waals surface area (Å²) >= 11 is 4.65. The lowest BCUT2D eigenvalue weighted by molar-refractivity contribution is 0.0954. The Morgan fingerprint density at radius 2 is 2.11 bits per heavy atom. The lowest BCUT2D eigenvalue weighted by atomic mass is 10.1. The number of hydrogen-bond donors (Lipinski definition) is 2. The van der Waals surface area contributed by atoms with Gasteiger partial charge in [0.05, 0.1) is 22.8 Å². The molecular weight excluding hydrogens is 410 g/mol. The van der Waals surface area contributed by atoms with E-state index in [-0.39, 0.29) is 11.9 Å². The van der Waals surface area contributed by atoms with Crippen LogP contribution in [-0.4, -0.2) is 20.9 Å². The highest BCUT2D eigenvalue weighted by Crippen LogP contribution is 2.35. The standard InChI is InChI=1S/C19H19N5OS3/c1-3-12(13-5-4-7-26-13)24-17-15-11(2)16(28-19(15)23-10-22-17)18(25)21-9-14-20-6-8-27-14/h4-8,10,12H,3,9H2,1-2H3,(H,21,25)(H,22,23,24). The molecule has 0 bridgehead atoms. The smallest absolute Gasteiger partial charge is 0.262 e. The van der Waals surface area contributed by atoms with Crippen LogP contribution in [0.25, 0.3) is 10.2 Å². The van der Waals surface area contributed by atoms with Crippen molar-refractivity contribution in [3.05, 3.63) is 55.7 Å². The van der Waals surface area contributed by atoms with Gasteiger partial charge in [-0.1, -0.05) is 13.0 Å². The van der Waals surface area contributed by atoms with Gasteiger partial charge >= 0.3 is 0 Å². The molecule has 0 radical (unpaired) electrons. The number of rotatable bonds is 7. The van der Waals surface area contributed by atoms with Crippen molar-refractivity contribution < 1.29 is 4.79 Å². The molecule has 9 heteroatoms. The summed E-state index contributed by atoms with van der Waals surface area (Å²) in [5.74, 6) is 0.671. The molecule has 0 spiro atoms. The highest BCUT2D eigenvalue weighted by molar-refractivity contribution is 7.20. The highest BCUT2D eigenvalue weighted by atomic mass is 32.1. The molecule has 6 nitrogen and oxygen atoms in total. The van der Waals surface area contributed by atoms with Crippen LogP contribution in [0.4, 0.5) is 5.82 Å². The predicted molar refractivity (Wildman–Crippen MR) is 116 cm³/mol. The Balaban J connectivity index is 1.61. The van der Waals surface area contributed by atoms with Gasteiger partial charge in [0.25, 0.3) is 5.91 Å². The van der Waals surface area contributed by atoms with E-state index in [4.69, 9.17) is 0 Å². The van der Waals surface area contributed by atoms with Crippen LogP contribution in [-0.2, 0) is 6.54 Å². The van der Waals surface area contributed by atoms with E-state index in [2.05, 4.69) is 50.0 Å². The van der Waals surface area contributed by atoms with Crippen molar-refractivity contribution in [2.24, 2.45) is 0 Å². The first-order valence-corrected chi connectivity index (χ1v) is 11.5. The SMILES string of the molecule is CCC(Nc1ncnc2sc(C(=O)NCc3nccs3)c(C)c12)c1cccs1. The average molecular weight is 430 g/mol. The summed E-state index contributed by atoms with van der Waals surface area (Å²) in [5, 5.41) is 12.3. The lowest BCUT2D eigenvalue weighted by Crippen LogP contribution is -2.22. The molecule has 1 amide bonds. The Morgan fingerprint density at radius 1 is 1.21 bits per heavy atom. The van der Waals surface area contributed by atoms with Crippen molar-refractivity contribution in [3.63, 3.8) is 0 Å². The number of anilines is 1. The first kappa shape index (κ1) is 19.0. The van der Waals surface area contributed by atoms with Gasteiger partial charge in [-0.15, -0.1) is 34.0 Å². The molecular formula is C19H19N5OS3. The van der Waals surface area contributed by atoms with Crippen molar-refractivity contribution in [2.75, 3.05) is 5.32 Å². The summed E-state index contributed by atoms with van der Waals surface area (Å²) in [6.45, 7) is 4.53. The van der Waals surface area contributed by atoms with E-state index in [1.54, 1.807) is 23.9 Å². The van der Waals surface area contributed by atoms with E-state index in [1.165, 1.54) is 27.6 Å². The van der Waals surface area contributed by atoms with Gasteiger partial charge in [-0.25, -0.2) is 15.0 Å². The average Bonchev–Trinajstić information content (AvgIpc) is 3.46. The summed E-state index contributed by atoms with van der Waals surface area (Å²) in [4.78, 5) is 28.5. The molecule has 1 unspecified atom stereocenters. The van der Waals surface area contributed by atoms with E-state index < -0.39 is 0 Å². The van der Waals surface area contributed by atoms with Crippen LogP contribution < -0.4 is 10.6 Å². The third kappa shape index (κ3) is 3.78. The second-order valence-corrected chi connectivity index (χ2v) is 9.15. The van der Waals surface area contributed by atoms with E-state index >= 15 is 0 Å². The highest BCUT2D eigenvalue weighted by Gasteiger charge is 2.21. The zero-order valence-electron chi connectivity index (χ0n) is 15.4. The second kappa shape index (κ2) is 8.34. The largest absolute Gasteiger partial charge is 0.362 e. The van der Waals surface area contributed by atoms with Crippen LogP contribution in [0.5, 0.6) is 0 Å². The van der Waals surface area contributed by atoms with Gasteiger partial charge in [0.2, 0.25) is 0 Å². The molecule has 4 aromatic rings. The molecule has 0 fully saturated rings. The number of thiazole rings is 1. The topological polar surface area (TPSA) is 79.8 Å². The zero-order valence-corrected chi connectivity index (χ0v) is 17.9. The fraction of sp³-hybridized carbons (Fsp3) is 0.263. The van der Waals surface area contributed by atoms with Gasteiger partial charge in [-0.05, 0) is 30.4 Å². The van der Waals surface area contributed by atoms with E-state index in [0.717, 1.165) is 33.0 Å². The van der Waals surface area contributed by atoms with E-state index in [9.17, 15) is 4.79 Å². The number of nitrogens with one attached hydrogen (secondary N) is 2. The van der Waals surface area contributed by atoms with E-state index in [0.29, 0.717) is 11.4 Å². The monoisotopic (exact) mass is 429 g/mol. The number of aromatic nitrogens is 3. The fourth-order valence-electron chi connectivity index (χ4n) is 3.00. The fourth-order valence-corrected chi connectivity index (χ4v) is 5.49. The summed E-state index contributed by atoms with van der Waals surface area (Å²) < 4.78 is 0. The van der Waals surface area contributed by atoms with Gasteiger partial charge in [-0.2, -0.15) is 0 Å². The quantitative estimate of drug-likeness (QED) is 0.432. The van der Waals surface area contributed by atoms with Crippen molar-refractivity contribution in [1.82, 2.24) is 20.3 Å². The molecule has 4 rings (SSSR count). The molecule has 144 valence electrons. The molecule has 4 heterocycles. The summed E-state index contributed by atoms with van der Waals surface area (Å²) in [7, 11) is 0. The van der Waals surface area contributed by atoms with Crippen LogP contribution in [0.2, 0.25) is 0 Å². The Bertz CT molecular complexity index is 1070. The van der Waals surface area contributed by atoms with Crippen molar-refractivity contribution in [2.45, 2.75) is 32.9 Å². The van der Waals surface area contributed by atoms with Gasteiger partial charge in [0.1, 0.15) is 22.0 Å². The van der Waals surface area contributed by atoms with Gasteiger partial charge in [-0.3, -0.25) is 4.79 Å². The van der Waals surface area contributed by atoms with Gasteiger partial charge in [0.15, 0.2) is 0 Å². The summed E-state index contributed by atoms with van der Waals surface area (Å²) in [6.07, 6.45) is 4.23. The number of thiophene rings is 2. The Labute approximate surface area is 174 Å². The second-order valence-electron chi connectivity index (χ2n) is 6.19. The van der Waals surface area contributed by atoms with Crippen LogP contribution in [0, 0.1) is 6.92 Å². The molecule has 2 N–H and O–H groups in total. The summed E-state index contributed by atoms with van der Waals surface area (Å²) in [6, 6.07) is 4.36. The Kier molecular flexibility index (Phi) is 5.65. The Morgan fingerprint density at radius 3 is 2.82 bits per heavy atom. The number of carbonyl (C=O) groups excluding carboxylic acids is 1. The maximum absolute atomic E-state index is 12.7. The van der Waals surface area contributed by atoms with Crippen molar-refractivity contribution in [1.29, 1.82) is 0 Å². The number of hydrogen-bond acceptors (Lipinski definition) is 8. The lowest BCUT2D eigenvalue weighted by Gasteiger charge is -2.16. The molecule has 28 heavy (non-hydrogen) atoms. The zero-order chi connectivity index (χ0) is 19.5. The number of carbonyl (C=O) groups is 1. The number of nitrogens with zero attached hydrogens (tertiary/aromatic N) is 3. The van der Waals surface area contributed by atoms with E-state index in [1.807, 2.05) is 12.3 Å². The molecule has 0 aliphatic carbocycles. The maximum Gasteiger partial charge on any atom is 0.262 e. The van der Waals surface area contributed by atoms with Crippen LogP contribution in [0.3, 0.4) is 0 Å². The minimum absolute atomic E-state index is 0.105. The minimum atomic E-state index is -0.105. The third-order valence-electron chi connectivity index (χ3n) is 4.42. The molecule has 0 saturated heterocycles. The molecule has 0 saturated carbocycles. The number of aryl methyl sites for hydroxylation is 1. The normalized spacial score (nSPS) is 12.2. The number of fused-ring (bicyclic) bond motifs is 1. The first-order chi connectivity index (χ1) is 13.7. The predicted octanol–water partition coefficient (Wildman–Crippen LogP) is 5.01. The molecule has 0 aromatic carbocycles.